The first-order valence-electron chi connectivity index (χ1n) is 7.66. The quantitative estimate of drug-likeness (QED) is 0.533. The molecule has 0 radical (unpaired) electrons. The molecule has 0 spiro atoms. The number of rotatable bonds is 2. The van der Waals surface area contributed by atoms with Gasteiger partial charge in [-0.15, -0.1) is 0 Å². The van der Waals surface area contributed by atoms with Crippen LogP contribution in [0.2, 0.25) is 0 Å². The average Bonchev–Trinajstić information content (AvgIpc) is 2.64. The number of halogens is 1. The first-order valence-corrected chi connectivity index (χ1v) is 7.66. The van der Waals surface area contributed by atoms with E-state index in [0.717, 1.165) is 16.5 Å². The molecule has 24 heavy (non-hydrogen) atoms. The fraction of sp³-hybridized carbons (Fsp3) is 0.0500. The minimum atomic E-state index is -0.235. The summed E-state index contributed by atoms with van der Waals surface area (Å²) in [5.74, 6) is 0.324. The van der Waals surface area contributed by atoms with E-state index in [-0.39, 0.29) is 5.82 Å². The molecule has 2 heterocycles. The highest BCUT2D eigenvalue weighted by molar-refractivity contribution is 5.79. The third-order valence-electron chi connectivity index (χ3n) is 3.93. The van der Waals surface area contributed by atoms with Gasteiger partial charge in [-0.2, -0.15) is 0 Å². The van der Waals surface area contributed by atoms with Crippen molar-refractivity contribution in [2.24, 2.45) is 0 Å². The number of hydrogen-bond acceptors (Lipinski definition) is 3. The molecule has 0 aliphatic carbocycles. The van der Waals surface area contributed by atoms with Crippen molar-refractivity contribution in [1.29, 1.82) is 0 Å². The average molecular weight is 315 g/mol. The Bertz CT molecular complexity index is 1040. The Morgan fingerprint density at radius 2 is 1.67 bits per heavy atom. The van der Waals surface area contributed by atoms with E-state index in [0.29, 0.717) is 22.8 Å². The van der Waals surface area contributed by atoms with Crippen molar-refractivity contribution in [2.75, 3.05) is 0 Å². The summed E-state index contributed by atoms with van der Waals surface area (Å²) in [4.78, 5) is 13.6. The molecule has 0 atom stereocenters. The molecule has 2 aromatic carbocycles. The highest BCUT2D eigenvalue weighted by atomic mass is 19.1. The highest BCUT2D eigenvalue weighted by Gasteiger charge is 2.08. The van der Waals surface area contributed by atoms with Gasteiger partial charge in [0.15, 0.2) is 5.82 Å². The standard InChI is InChI=1S/C20H14FN3/c1-13-9-10-14(11-16(13)21)17-7-4-8-19(23-17)20-22-12-15-5-2-3-6-18(15)24-20/h2-12H,1H3. The minimum absolute atomic E-state index is 0.235. The van der Waals surface area contributed by atoms with E-state index in [4.69, 9.17) is 0 Å². The second-order valence-electron chi connectivity index (χ2n) is 5.62. The largest absolute Gasteiger partial charge is 0.244 e. The van der Waals surface area contributed by atoms with Crippen LogP contribution in [-0.2, 0) is 0 Å². The van der Waals surface area contributed by atoms with Gasteiger partial charge in [-0.3, -0.25) is 0 Å². The number of aromatic nitrogens is 3. The molecule has 0 fully saturated rings. The van der Waals surface area contributed by atoms with Crippen LogP contribution in [0.4, 0.5) is 4.39 Å². The Kier molecular flexibility index (Phi) is 3.50. The fourth-order valence-corrected chi connectivity index (χ4v) is 2.57. The van der Waals surface area contributed by atoms with Gasteiger partial charge in [0.25, 0.3) is 0 Å². The zero-order valence-electron chi connectivity index (χ0n) is 13.1. The van der Waals surface area contributed by atoms with Gasteiger partial charge in [-0.1, -0.05) is 36.4 Å². The number of para-hydroxylation sites is 1. The molecule has 0 aliphatic rings. The van der Waals surface area contributed by atoms with Crippen molar-refractivity contribution in [3.05, 3.63) is 78.2 Å². The van der Waals surface area contributed by atoms with Crippen molar-refractivity contribution < 1.29 is 4.39 Å². The summed E-state index contributed by atoms with van der Waals surface area (Å²) in [6.45, 7) is 1.74. The van der Waals surface area contributed by atoms with E-state index in [1.807, 2.05) is 48.5 Å². The van der Waals surface area contributed by atoms with Gasteiger partial charge >= 0.3 is 0 Å². The minimum Gasteiger partial charge on any atom is -0.244 e. The maximum absolute atomic E-state index is 13.8. The Labute approximate surface area is 138 Å². The normalized spacial score (nSPS) is 10.9. The van der Waals surface area contributed by atoms with Crippen LogP contribution in [-0.4, -0.2) is 15.0 Å². The molecule has 0 aliphatic heterocycles. The molecule has 3 nitrogen and oxygen atoms in total. The summed E-state index contributed by atoms with van der Waals surface area (Å²) in [5.41, 5.74) is 3.59. The molecule has 4 heteroatoms. The predicted octanol–water partition coefficient (Wildman–Crippen LogP) is 4.81. The van der Waals surface area contributed by atoms with E-state index in [1.165, 1.54) is 6.07 Å². The lowest BCUT2D eigenvalue weighted by atomic mass is 10.1. The number of hydrogen-bond donors (Lipinski definition) is 0. The number of fused-ring (bicyclic) bond motifs is 1. The summed E-state index contributed by atoms with van der Waals surface area (Å²) in [6.07, 6.45) is 1.79. The summed E-state index contributed by atoms with van der Waals surface area (Å²) in [5, 5.41) is 0.984. The van der Waals surface area contributed by atoms with E-state index in [2.05, 4.69) is 15.0 Å². The van der Waals surface area contributed by atoms with E-state index < -0.39 is 0 Å². The van der Waals surface area contributed by atoms with E-state index in [1.54, 1.807) is 19.2 Å². The number of benzene rings is 2. The maximum Gasteiger partial charge on any atom is 0.178 e. The molecular formula is C20H14FN3. The zero-order valence-corrected chi connectivity index (χ0v) is 13.1. The number of pyridine rings is 1. The third-order valence-corrected chi connectivity index (χ3v) is 3.93. The molecule has 116 valence electrons. The fourth-order valence-electron chi connectivity index (χ4n) is 2.57. The van der Waals surface area contributed by atoms with Gasteiger partial charge in [0, 0.05) is 17.1 Å². The van der Waals surface area contributed by atoms with Crippen LogP contribution in [0.15, 0.2) is 66.9 Å². The van der Waals surface area contributed by atoms with Crippen molar-refractivity contribution in [1.82, 2.24) is 15.0 Å². The molecule has 0 unspecified atom stereocenters. The molecule has 0 saturated heterocycles. The molecule has 4 aromatic rings. The molecule has 4 rings (SSSR count). The van der Waals surface area contributed by atoms with Crippen LogP contribution in [0.25, 0.3) is 33.7 Å². The second-order valence-corrected chi connectivity index (χ2v) is 5.62. The molecule has 0 amide bonds. The van der Waals surface area contributed by atoms with Gasteiger partial charge in [0.1, 0.15) is 11.5 Å². The van der Waals surface area contributed by atoms with Crippen molar-refractivity contribution in [2.45, 2.75) is 6.92 Å². The Hall–Kier alpha value is -3.14. The van der Waals surface area contributed by atoms with Gasteiger partial charge in [0.2, 0.25) is 0 Å². The summed E-state index contributed by atoms with van der Waals surface area (Å²) < 4.78 is 13.8. The second kappa shape index (κ2) is 5.81. The van der Waals surface area contributed by atoms with Gasteiger partial charge < -0.3 is 0 Å². The van der Waals surface area contributed by atoms with Crippen LogP contribution in [0, 0.1) is 12.7 Å². The lowest BCUT2D eigenvalue weighted by Crippen LogP contribution is -1.94. The highest BCUT2D eigenvalue weighted by Crippen LogP contribution is 2.23. The van der Waals surface area contributed by atoms with Crippen molar-refractivity contribution in [3.63, 3.8) is 0 Å². The summed E-state index contributed by atoms with van der Waals surface area (Å²) in [6, 6.07) is 18.5. The Morgan fingerprint density at radius 3 is 2.54 bits per heavy atom. The third kappa shape index (κ3) is 2.63. The van der Waals surface area contributed by atoms with Crippen LogP contribution in [0.5, 0.6) is 0 Å². The Balaban J connectivity index is 1.79. The lowest BCUT2D eigenvalue weighted by Gasteiger charge is -2.06. The van der Waals surface area contributed by atoms with E-state index >= 15 is 0 Å². The van der Waals surface area contributed by atoms with Crippen LogP contribution >= 0.6 is 0 Å². The predicted molar refractivity (Wildman–Crippen MR) is 92.9 cm³/mol. The molecule has 2 aromatic heterocycles. The molecular weight excluding hydrogens is 301 g/mol. The van der Waals surface area contributed by atoms with Crippen LogP contribution < -0.4 is 0 Å². The Morgan fingerprint density at radius 1 is 0.833 bits per heavy atom. The van der Waals surface area contributed by atoms with E-state index in [9.17, 15) is 4.39 Å². The zero-order chi connectivity index (χ0) is 16.5. The SMILES string of the molecule is Cc1ccc(-c2cccc(-c3ncc4ccccc4n3)n2)cc1F. The first kappa shape index (κ1) is 14.5. The van der Waals surface area contributed by atoms with Crippen LogP contribution in [0.1, 0.15) is 5.56 Å². The smallest absolute Gasteiger partial charge is 0.178 e. The maximum atomic E-state index is 13.8. The first-order chi connectivity index (χ1) is 11.7. The monoisotopic (exact) mass is 315 g/mol. The lowest BCUT2D eigenvalue weighted by molar-refractivity contribution is 0.619. The van der Waals surface area contributed by atoms with Crippen molar-refractivity contribution in [3.8, 4) is 22.8 Å². The van der Waals surface area contributed by atoms with Gasteiger partial charge in [-0.05, 0) is 36.8 Å². The van der Waals surface area contributed by atoms with Crippen molar-refractivity contribution >= 4 is 10.9 Å². The summed E-state index contributed by atoms with van der Waals surface area (Å²) in [7, 11) is 0. The topological polar surface area (TPSA) is 38.7 Å². The number of aryl methyl sites for hydroxylation is 1. The number of nitrogens with zero attached hydrogens (tertiary/aromatic N) is 3. The summed E-state index contributed by atoms with van der Waals surface area (Å²) >= 11 is 0. The van der Waals surface area contributed by atoms with Gasteiger partial charge in [0.05, 0.1) is 11.2 Å². The molecule has 0 bridgehead atoms. The molecule has 0 N–H and O–H groups in total. The van der Waals surface area contributed by atoms with Crippen LogP contribution in [0.3, 0.4) is 0 Å². The molecule has 0 saturated carbocycles. The van der Waals surface area contributed by atoms with Gasteiger partial charge in [-0.25, -0.2) is 19.3 Å².